The van der Waals surface area contributed by atoms with E-state index in [1.807, 2.05) is 12.1 Å². The summed E-state index contributed by atoms with van der Waals surface area (Å²) in [5.41, 5.74) is 2.92. The van der Waals surface area contributed by atoms with Crippen LogP contribution in [0.3, 0.4) is 0 Å². The van der Waals surface area contributed by atoms with Crippen LogP contribution in [-0.4, -0.2) is 18.2 Å². The summed E-state index contributed by atoms with van der Waals surface area (Å²) in [4.78, 5) is 4.36. The zero-order chi connectivity index (χ0) is 13.2. The first-order valence-electron chi connectivity index (χ1n) is 6.17. The van der Waals surface area contributed by atoms with Crippen LogP contribution >= 0.6 is 0 Å². The van der Waals surface area contributed by atoms with Crippen LogP contribution in [0, 0.1) is 0 Å². The Morgan fingerprint density at radius 2 is 1.67 bits per heavy atom. The van der Waals surface area contributed by atoms with Crippen molar-refractivity contribution in [2.45, 2.75) is 26.2 Å². The lowest BCUT2D eigenvalue weighted by Gasteiger charge is -2.16. The van der Waals surface area contributed by atoms with Crippen molar-refractivity contribution in [3.63, 3.8) is 0 Å². The third-order valence-electron chi connectivity index (χ3n) is 3.05. The van der Waals surface area contributed by atoms with Gasteiger partial charge in [0.2, 0.25) is 0 Å². The molecule has 1 aromatic heterocycles. The Balaban J connectivity index is 2.28. The summed E-state index contributed by atoms with van der Waals surface area (Å²) >= 11 is 0. The molecule has 2 rings (SSSR count). The monoisotopic (exact) mass is 257 g/mol. The van der Waals surface area contributed by atoms with Crippen molar-refractivity contribution >= 4 is 13.3 Å². The van der Waals surface area contributed by atoms with Gasteiger partial charge in [0.15, 0.2) is 0 Å². The van der Waals surface area contributed by atoms with E-state index >= 15 is 0 Å². The Hall–Kier alpha value is -1.45. The van der Waals surface area contributed by atoms with Gasteiger partial charge in [0, 0.05) is 11.8 Å². The third kappa shape index (κ3) is 2.86. The van der Waals surface area contributed by atoms with Crippen LogP contribution in [0.2, 0.25) is 19.6 Å². The first-order chi connectivity index (χ1) is 8.50. The standard InChI is InChI=1S/C15H19NOSi/c1-18(2,3)14-7-5-13(6-8-14)15-9-4-12(11-17)10-16-15/h4-10,17H,11H2,1-3H3. The Morgan fingerprint density at radius 3 is 2.11 bits per heavy atom. The first-order valence-corrected chi connectivity index (χ1v) is 9.67. The molecule has 0 aliphatic heterocycles. The average molecular weight is 257 g/mol. The van der Waals surface area contributed by atoms with E-state index in [-0.39, 0.29) is 6.61 Å². The minimum atomic E-state index is -1.23. The van der Waals surface area contributed by atoms with E-state index < -0.39 is 8.07 Å². The molecule has 0 aliphatic carbocycles. The van der Waals surface area contributed by atoms with Gasteiger partial charge in [0.05, 0.1) is 20.4 Å². The maximum atomic E-state index is 8.99. The average Bonchev–Trinajstić information content (AvgIpc) is 2.38. The molecule has 1 aromatic carbocycles. The van der Waals surface area contributed by atoms with E-state index in [9.17, 15) is 0 Å². The fraction of sp³-hybridized carbons (Fsp3) is 0.267. The molecule has 0 spiro atoms. The van der Waals surface area contributed by atoms with Crippen molar-refractivity contribution in [1.29, 1.82) is 0 Å². The van der Waals surface area contributed by atoms with Gasteiger partial charge in [-0.1, -0.05) is 55.2 Å². The number of nitrogens with zero attached hydrogens (tertiary/aromatic N) is 1. The Bertz CT molecular complexity index is 512. The minimum absolute atomic E-state index is 0.0435. The lowest BCUT2D eigenvalue weighted by Crippen LogP contribution is -2.37. The second-order valence-electron chi connectivity index (χ2n) is 5.54. The van der Waals surface area contributed by atoms with Gasteiger partial charge in [-0.2, -0.15) is 0 Å². The second kappa shape index (κ2) is 5.04. The van der Waals surface area contributed by atoms with Crippen LogP contribution in [0.1, 0.15) is 5.56 Å². The number of pyridine rings is 1. The van der Waals surface area contributed by atoms with Crippen LogP contribution in [0.5, 0.6) is 0 Å². The van der Waals surface area contributed by atoms with Gasteiger partial charge in [0.1, 0.15) is 0 Å². The Labute approximate surface area is 109 Å². The summed E-state index contributed by atoms with van der Waals surface area (Å²) in [5, 5.41) is 10.4. The molecular weight excluding hydrogens is 238 g/mol. The maximum Gasteiger partial charge on any atom is 0.0775 e. The molecule has 2 nitrogen and oxygen atoms in total. The molecule has 0 saturated carbocycles. The number of hydrogen-bond acceptors (Lipinski definition) is 2. The number of aromatic nitrogens is 1. The molecule has 0 atom stereocenters. The van der Waals surface area contributed by atoms with E-state index in [0.717, 1.165) is 16.8 Å². The predicted octanol–water partition coefficient (Wildman–Crippen LogP) is 2.79. The molecule has 0 radical (unpaired) electrons. The molecule has 1 heterocycles. The zero-order valence-corrected chi connectivity index (χ0v) is 12.1. The van der Waals surface area contributed by atoms with E-state index in [1.165, 1.54) is 5.19 Å². The van der Waals surface area contributed by atoms with E-state index in [4.69, 9.17) is 5.11 Å². The van der Waals surface area contributed by atoms with Gasteiger partial charge < -0.3 is 5.11 Å². The largest absolute Gasteiger partial charge is 0.392 e. The first kappa shape index (κ1) is 13.0. The highest BCUT2D eigenvalue weighted by molar-refractivity contribution is 6.88. The van der Waals surface area contributed by atoms with Crippen LogP contribution < -0.4 is 5.19 Å². The van der Waals surface area contributed by atoms with Gasteiger partial charge in [-0.15, -0.1) is 0 Å². The molecule has 18 heavy (non-hydrogen) atoms. The van der Waals surface area contributed by atoms with Crippen molar-refractivity contribution in [1.82, 2.24) is 4.98 Å². The normalized spacial score (nSPS) is 11.6. The lowest BCUT2D eigenvalue weighted by molar-refractivity contribution is 0.281. The predicted molar refractivity (Wildman–Crippen MR) is 78.6 cm³/mol. The molecule has 3 heteroatoms. The van der Waals surface area contributed by atoms with E-state index in [2.05, 4.69) is 48.9 Å². The van der Waals surface area contributed by atoms with Gasteiger partial charge in [-0.05, 0) is 11.6 Å². The molecule has 0 aliphatic rings. The van der Waals surface area contributed by atoms with Crippen molar-refractivity contribution < 1.29 is 5.11 Å². The number of rotatable bonds is 3. The molecule has 0 bridgehead atoms. The molecule has 0 unspecified atom stereocenters. The molecule has 0 saturated heterocycles. The van der Waals surface area contributed by atoms with Crippen molar-refractivity contribution in [3.05, 3.63) is 48.2 Å². The van der Waals surface area contributed by atoms with Gasteiger partial charge in [0.25, 0.3) is 0 Å². The molecule has 0 fully saturated rings. The molecule has 94 valence electrons. The zero-order valence-electron chi connectivity index (χ0n) is 11.1. The highest BCUT2D eigenvalue weighted by atomic mass is 28.3. The van der Waals surface area contributed by atoms with Crippen LogP contribution in [-0.2, 0) is 6.61 Å². The SMILES string of the molecule is C[Si](C)(C)c1ccc(-c2ccc(CO)cn2)cc1. The topological polar surface area (TPSA) is 33.1 Å². The highest BCUT2D eigenvalue weighted by Gasteiger charge is 2.15. The summed E-state index contributed by atoms with van der Waals surface area (Å²) in [6.07, 6.45) is 1.72. The van der Waals surface area contributed by atoms with E-state index in [0.29, 0.717) is 0 Å². The number of aliphatic hydroxyl groups excluding tert-OH is 1. The fourth-order valence-electron chi connectivity index (χ4n) is 1.83. The summed E-state index contributed by atoms with van der Waals surface area (Å²) < 4.78 is 0. The summed E-state index contributed by atoms with van der Waals surface area (Å²) in [6.45, 7) is 7.07. The van der Waals surface area contributed by atoms with Crippen molar-refractivity contribution in [2.75, 3.05) is 0 Å². The molecule has 2 aromatic rings. The summed E-state index contributed by atoms with van der Waals surface area (Å²) in [5.74, 6) is 0. The fourth-order valence-corrected chi connectivity index (χ4v) is 3.00. The van der Waals surface area contributed by atoms with Crippen LogP contribution in [0.25, 0.3) is 11.3 Å². The van der Waals surface area contributed by atoms with Gasteiger partial charge in [-0.3, -0.25) is 4.98 Å². The maximum absolute atomic E-state index is 8.99. The Kier molecular flexibility index (Phi) is 3.64. The smallest absolute Gasteiger partial charge is 0.0775 e. The van der Waals surface area contributed by atoms with Gasteiger partial charge in [-0.25, -0.2) is 0 Å². The van der Waals surface area contributed by atoms with Gasteiger partial charge >= 0.3 is 0 Å². The van der Waals surface area contributed by atoms with Crippen LogP contribution in [0.4, 0.5) is 0 Å². The summed E-state index contributed by atoms with van der Waals surface area (Å²) in [6, 6.07) is 12.6. The quantitative estimate of drug-likeness (QED) is 0.858. The summed E-state index contributed by atoms with van der Waals surface area (Å²) in [7, 11) is -1.23. The molecule has 1 N–H and O–H groups in total. The van der Waals surface area contributed by atoms with Crippen molar-refractivity contribution in [3.8, 4) is 11.3 Å². The van der Waals surface area contributed by atoms with E-state index in [1.54, 1.807) is 6.20 Å². The third-order valence-corrected chi connectivity index (χ3v) is 5.12. The second-order valence-corrected chi connectivity index (χ2v) is 10.6. The van der Waals surface area contributed by atoms with Crippen LogP contribution in [0.15, 0.2) is 42.6 Å². The number of hydrogen-bond donors (Lipinski definition) is 1. The number of aliphatic hydroxyl groups is 1. The van der Waals surface area contributed by atoms with Crippen molar-refractivity contribution in [2.24, 2.45) is 0 Å². The Morgan fingerprint density at radius 1 is 1.00 bits per heavy atom. The number of benzene rings is 1. The highest BCUT2D eigenvalue weighted by Crippen LogP contribution is 2.16. The lowest BCUT2D eigenvalue weighted by atomic mass is 10.1. The minimum Gasteiger partial charge on any atom is -0.392 e. The molecular formula is C15H19NOSi. The molecule has 0 amide bonds.